The molecule has 1 amide bonds. The molecule has 2 aromatic carbocycles. The Bertz CT molecular complexity index is 641. The molecule has 5 heteroatoms. The van der Waals surface area contributed by atoms with Gasteiger partial charge in [-0.1, -0.05) is 6.07 Å². The van der Waals surface area contributed by atoms with Crippen molar-refractivity contribution in [3.63, 3.8) is 0 Å². The van der Waals surface area contributed by atoms with Gasteiger partial charge < -0.3 is 20.8 Å². The van der Waals surface area contributed by atoms with Crippen LogP contribution in [0.5, 0.6) is 11.5 Å². The smallest absolute Gasteiger partial charge is 0.251 e. The molecule has 0 saturated carbocycles. The maximum absolute atomic E-state index is 11.8. The van der Waals surface area contributed by atoms with Gasteiger partial charge in [0, 0.05) is 36.0 Å². The minimum atomic E-state index is -0.117. The van der Waals surface area contributed by atoms with Crippen LogP contribution in [0.1, 0.15) is 22.8 Å². The number of carbonyl (C=O) groups excluding carboxylic acids is 1. The SMILES string of the molecule is CCNC(=O)c1cccc(NCc2ccc(O)cc2O)c1. The number of rotatable bonds is 5. The number of amides is 1. The molecule has 0 aliphatic carbocycles. The molecule has 5 nitrogen and oxygen atoms in total. The van der Waals surface area contributed by atoms with Crippen LogP contribution in [0.2, 0.25) is 0 Å². The molecule has 0 aliphatic rings. The number of carbonyl (C=O) groups is 1. The van der Waals surface area contributed by atoms with Gasteiger partial charge in [0.05, 0.1) is 0 Å². The van der Waals surface area contributed by atoms with Crippen molar-refractivity contribution in [3.05, 3.63) is 53.6 Å². The van der Waals surface area contributed by atoms with Crippen molar-refractivity contribution in [1.82, 2.24) is 5.32 Å². The molecule has 0 atom stereocenters. The van der Waals surface area contributed by atoms with Crippen LogP contribution in [0, 0.1) is 0 Å². The Morgan fingerprint density at radius 3 is 2.67 bits per heavy atom. The summed E-state index contributed by atoms with van der Waals surface area (Å²) >= 11 is 0. The van der Waals surface area contributed by atoms with Gasteiger partial charge in [0.15, 0.2) is 0 Å². The number of anilines is 1. The van der Waals surface area contributed by atoms with E-state index >= 15 is 0 Å². The maximum atomic E-state index is 11.8. The number of hydrogen-bond acceptors (Lipinski definition) is 4. The average Bonchev–Trinajstić information content (AvgIpc) is 2.47. The minimum absolute atomic E-state index is 0.0227. The van der Waals surface area contributed by atoms with Crippen LogP contribution in [0.4, 0.5) is 5.69 Å². The van der Waals surface area contributed by atoms with Crippen LogP contribution in [-0.2, 0) is 6.54 Å². The van der Waals surface area contributed by atoms with Crippen LogP contribution in [-0.4, -0.2) is 22.7 Å². The second kappa shape index (κ2) is 6.65. The lowest BCUT2D eigenvalue weighted by Crippen LogP contribution is -2.22. The summed E-state index contributed by atoms with van der Waals surface area (Å²) in [4.78, 5) is 11.8. The fraction of sp³-hybridized carbons (Fsp3) is 0.188. The molecular formula is C16H18N2O3. The lowest BCUT2D eigenvalue weighted by atomic mass is 10.1. The molecule has 0 aromatic heterocycles. The van der Waals surface area contributed by atoms with E-state index < -0.39 is 0 Å². The van der Waals surface area contributed by atoms with Gasteiger partial charge in [0.1, 0.15) is 11.5 Å². The van der Waals surface area contributed by atoms with E-state index in [2.05, 4.69) is 10.6 Å². The van der Waals surface area contributed by atoms with E-state index in [9.17, 15) is 15.0 Å². The van der Waals surface area contributed by atoms with Crippen molar-refractivity contribution in [1.29, 1.82) is 0 Å². The van der Waals surface area contributed by atoms with Crippen LogP contribution in [0.3, 0.4) is 0 Å². The highest BCUT2D eigenvalue weighted by Crippen LogP contribution is 2.23. The zero-order valence-corrected chi connectivity index (χ0v) is 11.8. The first-order valence-corrected chi connectivity index (χ1v) is 6.73. The Labute approximate surface area is 123 Å². The normalized spacial score (nSPS) is 10.1. The van der Waals surface area contributed by atoms with Crippen LogP contribution >= 0.6 is 0 Å². The first-order valence-electron chi connectivity index (χ1n) is 6.73. The van der Waals surface area contributed by atoms with Gasteiger partial charge in [0.25, 0.3) is 5.91 Å². The van der Waals surface area contributed by atoms with Crippen LogP contribution in [0.15, 0.2) is 42.5 Å². The predicted molar refractivity (Wildman–Crippen MR) is 81.5 cm³/mol. The van der Waals surface area contributed by atoms with Crippen molar-refractivity contribution in [3.8, 4) is 11.5 Å². The van der Waals surface area contributed by atoms with Crippen LogP contribution < -0.4 is 10.6 Å². The summed E-state index contributed by atoms with van der Waals surface area (Å²) in [5.41, 5.74) is 2.03. The van der Waals surface area contributed by atoms with Crippen molar-refractivity contribution >= 4 is 11.6 Å². The molecule has 0 spiro atoms. The monoisotopic (exact) mass is 286 g/mol. The van der Waals surface area contributed by atoms with Gasteiger partial charge in [-0.3, -0.25) is 4.79 Å². The highest BCUT2D eigenvalue weighted by Gasteiger charge is 2.06. The van der Waals surface area contributed by atoms with Gasteiger partial charge >= 0.3 is 0 Å². The molecule has 0 saturated heterocycles. The topological polar surface area (TPSA) is 81.6 Å². The quantitative estimate of drug-likeness (QED) is 0.680. The molecule has 0 radical (unpaired) electrons. The molecule has 0 heterocycles. The zero-order valence-electron chi connectivity index (χ0n) is 11.8. The average molecular weight is 286 g/mol. The first-order chi connectivity index (χ1) is 10.1. The summed E-state index contributed by atoms with van der Waals surface area (Å²) in [6, 6.07) is 11.6. The molecule has 0 bridgehead atoms. The highest BCUT2D eigenvalue weighted by atomic mass is 16.3. The fourth-order valence-electron chi connectivity index (χ4n) is 1.93. The van der Waals surface area contributed by atoms with Gasteiger partial charge in [-0.05, 0) is 37.3 Å². The van der Waals surface area contributed by atoms with Crippen molar-refractivity contribution < 1.29 is 15.0 Å². The van der Waals surface area contributed by atoms with Gasteiger partial charge in [0.2, 0.25) is 0 Å². The van der Waals surface area contributed by atoms with Gasteiger partial charge in [-0.25, -0.2) is 0 Å². The van der Waals surface area contributed by atoms with E-state index in [-0.39, 0.29) is 17.4 Å². The summed E-state index contributed by atoms with van der Waals surface area (Å²) < 4.78 is 0. The molecular weight excluding hydrogens is 268 g/mol. The maximum Gasteiger partial charge on any atom is 0.251 e. The van der Waals surface area contributed by atoms with Crippen molar-refractivity contribution in [2.75, 3.05) is 11.9 Å². The minimum Gasteiger partial charge on any atom is -0.508 e. The Morgan fingerprint density at radius 2 is 1.95 bits per heavy atom. The largest absolute Gasteiger partial charge is 0.508 e. The number of hydrogen-bond donors (Lipinski definition) is 4. The Kier molecular flexibility index (Phi) is 4.66. The molecule has 2 aromatic rings. The standard InChI is InChI=1S/C16H18N2O3/c1-2-17-16(21)11-4-3-5-13(8-11)18-10-12-6-7-14(19)9-15(12)20/h3-9,18-20H,2,10H2,1H3,(H,17,21). The van der Waals surface area contributed by atoms with E-state index in [4.69, 9.17) is 0 Å². The van der Waals surface area contributed by atoms with E-state index in [0.29, 0.717) is 24.2 Å². The Morgan fingerprint density at radius 1 is 1.14 bits per heavy atom. The van der Waals surface area contributed by atoms with Crippen molar-refractivity contribution in [2.45, 2.75) is 13.5 Å². The molecule has 0 fully saturated rings. The summed E-state index contributed by atoms with van der Waals surface area (Å²) in [5, 5.41) is 24.8. The zero-order chi connectivity index (χ0) is 15.2. The summed E-state index contributed by atoms with van der Waals surface area (Å²) in [6.45, 7) is 2.84. The number of phenolic OH excluding ortho intramolecular Hbond substituents is 2. The Balaban J connectivity index is 2.06. The Hall–Kier alpha value is -2.69. The van der Waals surface area contributed by atoms with E-state index in [0.717, 1.165) is 5.69 Å². The lowest BCUT2D eigenvalue weighted by Gasteiger charge is -2.10. The molecule has 21 heavy (non-hydrogen) atoms. The highest BCUT2D eigenvalue weighted by molar-refractivity contribution is 5.95. The third-order valence-corrected chi connectivity index (χ3v) is 3.01. The summed E-state index contributed by atoms with van der Waals surface area (Å²) in [7, 11) is 0. The molecule has 0 unspecified atom stereocenters. The number of phenols is 2. The molecule has 0 aliphatic heterocycles. The number of nitrogens with one attached hydrogen (secondary N) is 2. The predicted octanol–water partition coefficient (Wildman–Crippen LogP) is 2.46. The number of benzene rings is 2. The molecule has 2 rings (SSSR count). The van der Waals surface area contributed by atoms with Gasteiger partial charge in [-0.15, -0.1) is 0 Å². The van der Waals surface area contributed by atoms with Crippen molar-refractivity contribution in [2.24, 2.45) is 0 Å². The summed E-state index contributed by atoms with van der Waals surface area (Å²) in [6.07, 6.45) is 0. The van der Waals surface area contributed by atoms with E-state index in [1.807, 2.05) is 13.0 Å². The molecule has 110 valence electrons. The van der Waals surface area contributed by atoms with E-state index in [1.165, 1.54) is 12.1 Å². The van der Waals surface area contributed by atoms with Crippen LogP contribution in [0.25, 0.3) is 0 Å². The summed E-state index contributed by atoms with van der Waals surface area (Å²) in [5.74, 6) is -0.0644. The third kappa shape index (κ3) is 3.89. The fourth-order valence-corrected chi connectivity index (χ4v) is 1.93. The van der Waals surface area contributed by atoms with E-state index in [1.54, 1.807) is 24.3 Å². The first kappa shape index (κ1) is 14.7. The van der Waals surface area contributed by atoms with Gasteiger partial charge in [-0.2, -0.15) is 0 Å². The second-order valence-corrected chi connectivity index (χ2v) is 4.61. The molecule has 4 N–H and O–H groups in total. The second-order valence-electron chi connectivity index (χ2n) is 4.61. The number of aromatic hydroxyl groups is 2. The lowest BCUT2D eigenvalue weighted by molar-refractivity contribution is 0.0956. The third-order valence-electron chi connectivity index (χ3n) is 3.01.